The van der Waals surface area contributed by atoms with Gasteiger partial charge in [0.25, 0.3) is 0 Å². The van der Waals surface area contributed by atoms with Crippen LogP contribution in [0.2, 0.25) is 0 Å². The van der Waals surface area contributed by atoms with E-state index in [-0.39, 0.29) is 5.82 Å². The van der Waals surface area contributed by atoms with Crippen LogP contribution in [0.25, 0.3) is 50.6 Å². The number of nitrogens with zero attached hydrogens (tertiary/aromatic N) is 2. The number of benzene rings is 2. The van der Waals surface area contributed by atoms with Crippen LogP contribution in [0.3, 0.4) is 0 Å². The lowest BCUT2D eigenvalue weighted by Gasteiger charge is -2.06. The maximum atomic E-state index is 14.7. The predicted octanol–water partition coefficient (Wildman–Crippen LogP) is 5.12. The largest absolute Gasteiger partial charge is 0.495 e. The second-order valence-corrected chi connectivity index (χ2v) is 9.43. The van der Waals surface area contributed by atoms with E-state index in [9.17, 15) is 4.39 Å². The van der Waals surface area contributed by atoms with Crippen LogP contribution < -0.4 is 15.3 Å². The average molecular weight is 475 g/mol. The molecule has 1 unspecified atom stereocenters. The summed E-state index contributed by atoms with van der Waals surface area (Å²) in [5.74, 6) is 0.850. The zero-order valence-electron chi connectivity index (χ0n) is 19.9. The topological polar surface area (TPSA) is 66.6 Å². The van der Waals surface area contributed by atoms with E-state index < -0.39 is 0 Å². The Morgan fingerprint density at radius 3 is 2.78 bits per heavy atom. The van der Waals surface area contributed by atoms with Gasteiger partial charge in [-0.2, -0.15) is 5.10 Å². The van der Waals surface area contributed by atoms with Crippen LogP contribution in [-0.4, -0.2) is 27.3 Å². The summed E-state index contributed by atoms with van der Waals surface area (Å²) in [7, 11) is 1.66. The van der Waals surface area contributed by atoms with Crippen molar-refractivity contribution in [2.24, 2.45) is 5.92 Å². The molecule has 3 heterocycles. The fourth-order valence-corrected chi connectivity index (χ4v) is 5.41. The van der Waals surface area contributed by atoms with E-state index in [4.69, 9.17) is 9.84 Å². The number of fused-ring (bicyclic) bond motifs is 3. The third-order valence-electron chi connectivity index (χ3n) is 7.31. The van der Waals surface area contributed by atoms with Gasteiger partial charge in [-0.1, -0.05) is 36.4 Å². The van der Waals surface area contributed by atoms with Gasteiger partial charge in [0.05, 0.1) is 24.3 Å². The van der Waals surface area contributed by atoms with Gasteiger partial charge in [-0.25, -0.2) is 4.39 Å². The van der Waals surface area contributed by atoms with E-state index in [0.717, 1.165) is 61.7 Å². The lowest BCUT2D eigenvalue weighted by molar-refractivity contribution is 0.412. The molecule has 2 aliphatic rings. The SMILES string of the molecule is COc1cncc(C2=CC=c3[nH]nc(-c4cc5c(-c6ccccc6F)ccc(C)c5[nH]4)c3=C3CC23)c1. The molecule has 5 aromatic rings. The molecule has 0 spiro atoms. The van der Waals surface area contributed by atoms with E-state index in [1.54, 1.807) is 19.4 Å². The summed E-state index contributed by atoms with van der Waals surface area (Å²) in [6.07, 6.45) is 8.85. The molecule has 0 radical (unpaired) electrons. The van der Waals surface area contributed by atoms with Crippen LogP contribution in [0.1, 0.15) is 17.5 Å². The van der Waals surface area contributed by atoms with Crippen LogP contribution in [0.15, 0.2) is 67.0 Å². The molecule has 5 nitrogen and oxygen atoms in total. The first-order valence-electron chi connectivity index (χ1n) is 12.0. The Kier molecular flexibility index (Phi) is 4.51. The normalized spacial score (nSPS) is 16.1. The van der Waals surface area contributed by atoms with Gasteiger partial charge in [-0.05, 0) is 59.9 Å². The minimum atomic E-state index is -0.226. The first-order valence-corrected chi connectivity index (χ1v) is 12.0. The van der Waals surface area contributed by atoms with E-state index in [0.29, 0.717) is 11.5 Å². The maximum absolute atomic E-state index is 14.7. The number of aromatic amines is 2. The molecule has 1 fully saturated rings. The Bertz CT molecular complexity index is 1840. The highest BCUT2D eigenvalue weighted by molar-refractivity contribution is 6.00. The van der Waals surface area contributed by atoms with Crippen molar-refractivity contribution in [3.63, 3.8) is 0 Å². The van der Waals surface area contributed by atoms with Crippen LogP contribution in [-0.2, 0) is 0 Å². The molecule has 0 amide bonds. The number of allylic oxidation sites excluding steroid dienone is 2. The quantitative estimate of drug-likeness (QED) is 0.380. The summed E-state index contributed by atoms with van der Waals surface area (Å²) in [6, 6.07) is 15.1. The average Bonchev–Trinajstić information content (AvgIpc) is 3.38. The number of hydrogen-bond acceptors (Lipinski definition) is 3. The minimum absolute atomic E-state index is 0.226. The highest BCUT2D eigenvalue weighted by Crippen LogP contribution is 2.49. The lowest BCUT2D eigenvalue weighted by atomic mass is 9.99. The van der Waals surface area contributed by atoms with Crippen molar-refractivity contribution >= 4 is 28.1 Å². The highest BCUT2D eigenvalue weighted by Gasteiger charge is 2.37. The molecular weight excluding hydrogens is 451 g/mol. The smallest absolute Gasteiger partial charge is 0.137 e. The summed E-state index contributed by atoms with van der Waals surface area (Å²) in [4.78, 5) is 7.93. The monoisotopic (exact) mass is 474 g/mol. The van der Waals surface area contributed by atoms with Gasteiger partial charge in [0.2, 0.25) is 0 Å². The van der Waals surface area contributed by atoms with Crippen LogP contribution in [0.5, 0.6) is 5.75 Å². The first-order chi connectivity index (χ1) is 17.6. The lowest BCUT2D eigenvalue weighted by Crippen LogP contribution is -2.23. The van der Waals surface area contributed by atoms with Crippen LogP contribution in [0, 0.1) is 18.7 Å². The number of H-pyrrole nitrogens is 2. The second kappa shape index (κ2) is 7.78. The molecule has 1 saturated carbocycles. The molecule has 0 aliphatic heterocycles. The second-order valence-electron chi connectivity index (χ2n) is 9.43. The van der Waals surface area contributed by atoms with Gasteiger partial charge in [0.15, 0.2) is 0 Å². The number of rotatable bonds is 4. The summed E-state index contributed by atoms with van der Waals surface area (Å²) < 4.78 is 20.1. The Labute approximate surface area is 206 Å². The molecule has 0 bridgehead atoms. The van der Waals surface area contributed by atoms with Crippen molar-refractivity contribution in [3.8, 4) is 28.3 Å². The number of ether oxygens (including phenoxy) is 1. The Hall–Kier alpha value is -4.45. The molecule has 1 atom stereocenters. The van der Waals surface area contributed by atoms with Gasteiger partial charge < -0.3 is 9.72 Å². The van der Waals surface area contributed by atoms with Crippen molar-refractivity contribution in [1.29, 1.82) is 0 Å². The fourth-order valence-electron chi connectivity index (χ4n) is 5.41. The molecule has 2 N–H and O–H groups in total. The third-order valence-corrected chi connectivity index (χ3v) is 7.31. The molecule has 0 saturated heterocycles. The molecular formula is C30H23FN4O. The van der Waals surface area contributed by atoms with E-state index in [2.05, 4.69) is 40.2 Å². The number of halogens is 1. The molecule has 36 heavy (non-hydrogen) atoms. The number of hydrogen-bond donors (Lipinski definition) is 2. The fraction of sp³-hybridized carbons (Fsp3) is 0.133. The number of aromatic nitrogens is 4. The minimum Gasteiger partial charge on any atom is -0.495 e. The van der Waals surface area contributed by atoms with Crippen molar-refractivity contribution in [1.82, 2.24) is 20.2 Å². The third kappa shape index (κ3) is 3.14. The maximum Gasteiger partial charge on any atom is 0.137 e. The first kappa shape index (κ1) is 20.9. The molecule has 3 aromatic heterocycles. The number of pyridine rings is 1. The van der Waals surface area contributed by atoms with E-state index >= 15 is 0 Å². The van der Waals surface area contributed by atoms with Gasteiger partial charge in [0.1, 0.15) is 17.3 Å². The van der Waals surface area contributed by atoms with Gasteiger partial charge in [-0.15, -0.1) is 0 Å². The Balaban J connectivity index is 1.37. The van der Waals surface area contributed by atoms with Crippen molar-refractivity contribution in [2.45, 2.75) is 13.3 Å². The Morgan fingerprint density at radius 2 is 1.92 bits per heavy atom. The molecule has 7 rings (SSSR count). The number of aryl methyl sites for hydroxylation is 1. The molecule has 6 heteroatoms. The van der Waals surface area contributed by atoms with Crippen molar-refractivity contribution < 1.29 is 9.13 Å². The van der Waals surface area contributed by atoms with E-state index in [1.807, 2.05) is 36.5 Å². The Morgan fingerprint density at radius 1 is 1.03 bits per heavy atom. The number of nitrogens with one attached hydrogen (secondary N) is 2. The van der Waals surface area contributed by atoms with E-state index in [1.165, 1.54) is 17.2 Å². The van der Waals surface area contributed by atoms with Gasteiger partial charge in [0, 0.05) is 39.4 Å². The zero-order chi connectivity index (χ0) is 24.4. The summed E-state index contributed by atoms with van der Waals surface area (Å²) >= 11 is 0. The van der Waals surface area contributed by atoms with Crippen LogP contribution in [0.4, 0.5) is 4.39 Å². The van der Waals surface area contributed by atoms with Crippen molar-refractivity contribution in [2.75, 3.05) is 7.11 Å². The highest BCUT2D eigenvalue weighted by atomic mass is 19.1. The summed E-state index contributed by atoms with van der Waals surface area (Å²) in [5, 5.41) is 11.1. The molecule has 2 aliphatic carbocycles. The van der Waals surface area contributed by atoms with Crippen LogP contribution >= 0.6 is 0 Å². The molecule has 2 aromatic carbocycles. The number of methoxy groups -OCH3 is 1. The van der Waals surface area contributed by atoms with Gasteiger partial charge >= 0.3 is 0 Å². The summed E-state index contributed by atoms with van der Waals surface area (Å²) in [5.41, 5.74) is 9.06. The molecule has 176 valence electrons. The summed E-state index contributed by atoms with van der Waals surface area (Å²) in [6.45, 7) is 2.07. The van der Waals surface area contributed by atoms with Crippen molar-refractivity contribution in [3.05, 3.63) is 94.5 Å². The standard InChI is InChI=1S/C30H23FN4O/c1-16-7-8-20(21-5-3-4-6-25(21)31)24-13-27(33-29(16)24)30-28-23-12-22(23)19(9-10-26(28)34-35-30)17-11-18(36-2)15-32-14-17/h3-11,13-15,22,33-34H,12H2,1-2H3. The van der Waals surface area contributed by atoms with Gasteiger partial charge in [-0.3, -0.25) is 10.1 Å². The predicted molar refractivity (Wildman–Crippen MR) is 140 cm³/mol. The zero-order valence-corrected chi connectivity index (χ0v) is 19.9.